The first kappa shape index (κ1) is 22.2. The van der Waals surface area contributed by atoms with E-state index in [2.05, 4.69) is 0 Å². The Morgan fingerprint density at radius 3 is 2.33 bits per heavy atom. The predicted molar refractivity (Wildman–Crippen MR) is 105 cm³/mol. The molecule has 0 heterocycles. The van der Waals surface area contributed by atoms with Crippen molar-refractivity contribution in [1.29, 1.82) is 0 Å². The van der Waals surface area contributed by atoms with Gasteiger partial charge in [-0.25, -0.2) is 0 Å². The van der Waals surface area contributed by atoms with E-state index >= 15 is 0 Å². The summed E-state index contributed by atoms with van der Waals surface area (Å²) < 4.78 is 0. The summed E-state index contributed by atoms with van der Waals surface area (Å²) in [4.78, 5) is 10.5. The zero-order valence-electron chi connectivity index (χ0n) is 15.6. The molecule has 1 fully saturated rings. The number of rotatable bonds is 11. The number of hydrogen-bond donors (Lipinski definition) is 4. The predicted octanol–water partition coefficient (Wildman–Crippen LogP) is 3.94. The van der Waals surface area contributed by atoms with Crippen LogP contribution in [0.3, 0.4) is 0 Å². The summed E-state index contributed by atoms with van der Waals surface area (Å²) in [6.45, 7) is 0. The largest absolute Gasteiger partial charge is 0.481 e. The molecule has 1 saturated carbocycles. The van der Waals surface area contributed by atoms with Gasteiger partial charge >= 0.3 is 5.97 Å². The van der Waals surface area contributed by atoms with Gasteiger partial charge in [0.05, 0.1) is 18.3 Å². The molecule has 1 aromatic carbocycles. The van der Waals surface area contributed by atoms with Crippen molar-refractivity contribution >= 4 is 17.6 Å². The minimum atomic E-state index is -0.763. The Morgan fingerprint density at radius 2 is 1.67 bits per heavy atom. The second-order valence-corrected chi connectivity index (χ2v) is 8.07. The van der Waals surface area contributed by atoms with Crippen LogP contribution in [0.4, 0.5) is 0 Å². The van der Waals surface area contributed by atoms with Crippen LogP contribution in [0.25, 0.3) is 0 Å². The van der Waals surface area contributed by atoms with Crippen molar-refractivity contribution in [3.63, 3.8) is 0 Å². The molecule has 0 radical (unpaired) electrons. The molecule has 1 aliphatic carbocycles. The molecule has 2 rings (SSSR count). The van der Waals surface area contributed by atoms with Gasteiger partial charge in [0.15, 0.2) is 0 Å². The molecule has 0 saturated heterocycles. The van der Waals surface area contributed by atoms with E-state index in [1.807, 2.05) is 18.2 Å². The lowest BCUT2D eigenvalue weighted by Gasteiger charge is -2.25. The van der Waals surface area contributed by atoms with Crippen LogP contribution < -0.4 is 0 Å². The summed E-state index contributed by atoms with van der Waals surface area (Å²) in [5, 5.41) is 40.3. The number of hydrogen-bond acceptors (Lipinski definition) is 4. The van der Waals surface area contributed by atoms with Gasteiger partial charge in [-0.05, 0) is 55.6 Å². The van der Waals surface area contributed by atoms with Crippen molar-refractivity contribution in [2.45, 2.75) is 76.1 Å². The third kappa shape index (κ3) is 6.75. The SMILES string of the molecule is O=C(O)CCCCCC[C@@H]1[C@@H](CCC(O)c2ccccc2Cl)[C@H](O)C[C@@H]1O. The fourth-order valence-electron chi connectivity index (χ4n) is 4.24. The second-order valence-electron chi connectivity index (χ2n) is 7.66. The average Bonchev–Trinajstić information content (AvgIpc) is 2.89. The number of benzene rings is 1. The summed E-state index contributed by atoms with van der Waals surface area (Å²) in [5.41, 5.74) is 0.696. The summed E-state index contributed by atoms with van der Waals surface area (Å²) in [6.07, 6.45) is 4.19. The summed E-state index contributed by atoms with van der Waals surface area (Å²) in [5.74, 6) is -0.768. The standard InChI is InChI=1S/C21H31ClO5/c22-17-9-6-5-8-16(17)18(23)12-11-15-14(19(24)13-20(15)25)7-3-1-2-4-10-21(26)27/h5-6,8-9,14-15,18-20,23-25H,1-4,7,10-13H2,(H,26,27)/t14-,15-,18?,19+,20-/m1/s1. The molecule has 27 heavy (non-hydrogen) atoms. The molecular weight excluding hydrogens is 368 g/mol. The molecule has 0 bridgehead atoms. The highest BCUT2D eigenvalue weighted by atomic mass is 35.5. The smallest absolute Gasteiger partial charge is 0.303 e. The highest BCUT2D eigenvalue weighted by Crippen LogP contribution is 2.40. The van der Waals surface area contributed by atoms with Gasteiger partial charge < -0.3 is 20.4 Å². The van der Waals surface area contributed by atoms with Crippen LogP contribution in [0, 0.1) is 11.8 Å². The van der Waals surface area contributed by atoms with E-state index in [-0.39, 0.29) is 18.3 Å². The van der Waals surface area contributed by atoms with Crippen LogP contribution in [0.15, 0.2) is 24.3 Å². The molecule has 0 aliphatic heterocycles. The van der Waals surface area contributed by atoms with Crippen molar-refractivity contribution in [2.75, 3.05) is 0 Å². The Hall–Kier alpha value is -1.14. The van der Waals surface area contributed by atoms with Gasteiger partial charge in [-0.3, -0.25) is 4.79 Å². The van der Waals surface area contributed by atoms with Gasteiger partial charge in [0, 0.05) is 11.4 Å². The monoisotopic (exact) mass is 398 g/mol. The number of aliphatic hydroxyl groups is 3. The average molecular weight is 399 g/mol. The Bertz CT molecular complexity index is 594. The molecular formula is C21H31ClO5. The first-order valence-electron chi connectivity index (χ1n) is 9.90. The minimum Gasteiger partial charge on any atom is -0.481 e. The van der Waals surface area contributed by atoms with E-state index < -0.39 is 24.3 Å². The Labute approximate surface area is 166 Å². The number of carbonyl (C=O) groups is 1. The highest BCUT2D eigenvalue weighted by molar-refractivity contribution is 6.31. The van der Waals surface area contributed by atoms with Crippen molar-refractivity contribution in [2.24, 2.45) is 11.8 Å². The third-order valence-corrected chi connectivity index (χ3v) is 6.08. The Balaban J connectivity index is 1.80. The van der Waals surface area contributed by atoms with Crippen molar-refractivity contribution in [3.05, 3.63) is 34.9 Å². The molecule has 152 valence electrons. The molecule has 0 spiro atoms. The van der Waals surface area contributed by atoms with Crippen LogP contribution in [-0.4, -0.2) is 38.6 Å². The van der Waals surface area contributed by atoms with E-state index in [1.165, 1.54) is 0 Å². The normalized spacial score (nSPS) is 26.2. The molecule has 1 aromatic rings. The third-order valence-electron chi connectivity index (χ3n) is 5.74. The molecule has 0 amide bonds. The molecule has 1 unspecified atom stereocenters. The fourth-order valence-corrected chi connectivity index (χ4v) is 4.50. The summed E-state index contributed by atoms with van der Waals surface area (Å²) in [7, 11) is 0. The number of unbranched alkanes of at least 4 members (excludes halogenated alkanes) is 3. The number of halogens is 1. The lowest BCUT2D eigenvalue weighted by atomic mass is 9.84. The maximum atomic E-state index is 10.5. The lowest BCUT2D eigenvalue weighted by molar-refractivity contribution is -0.137. The molecule has 5 atom stereocenters. The number of aliphatic hydroxyl groups excluding tert-OH is 3. The number of aliphatic carboxylic acids is 1. The van der Waals surface area contributed by atoms with Gasteiger partial charge in [0.25, 0.3) is 0 Å². The maximum Gasteiger partial charge on any atom is 0.303 e. The molecule has 5 nitrogen and oxygen atoms in total. The van der Waals surface area contributed by atoms with Crippen LogP contribution in [0.1, 0.15) is 69.5 Å². The highest BCUT2D eigenvalue weighted by Gasteiger charge is 2.40. The van der Waals surface area contributed by atoms with Crippen LogP contribution in [-0.2, 0) is 4.79 Å². The van der Waals surface area contributed by atoms with Crippen LogP contribution in [0.2, 0.25) is 5.02 Å². The number of carboxylic acids is 1. The minimum absolute atomic E-state index is 0.0259. The first-order valence-corrected chi connectivity index (χ1v) is 10.3. The zero-order valence-corrected chi connectivity index (χ0v) is 16.4. The van der Waals surface area contributed by atoms with Crippen molar-refractivity contribution in [3.8, 4) is 0 Å². The number of carboxylic acid groups (broad SMARTS) is 1. The van der Waals surface area contributed by atoms with Crippen molar-refractivity contribution < 1.29 is 25.2 Å². The van der Waals surface area contributed by atoms with Gasteiger partial charge in [0.2, 0.25) is 0 Å². The Kier molecular flexibility index (Phi) is 9.03. The Morgan fingerprint density at radius 1 is 1.04 bits per heavy atom. The van der Waals surface area contributed by atoms with Gasteiger partial charge in [-0.1, -0.05) is 49.1 Å². The van der Waals surface area contributed by atoms with Gasteiger partial charge in [-0.15, -0.1) is 0 Å². The molecule has 0 aromatic heterocycles. The van der Waals surface area contributed by atoms with E-state index in [1.54, 1.807) is 6.07 Å². The van der Waals surface area contributed by atoms with E-state index in [0.29, 0.717) is 36.3 Å². The summed E-state index contributed by atoms with van der Waals surface area (Å²) >= 11 is 6.14. The molecule has 1 aliphatic rings. The second kappa shape index (κ2) is 11.0. The van der Waals surface area contributed by atoms with E-state index in [4.69, 9.17) is 16.7 Å². The zero-order chi connectivity index (χ0) is 19.8. The first-order chi connectivity index (χ1) is 12.9. The van der Waals surface area contributed by atoms with E-state index in [9.17, 15) is 20.1 Å². The molecule has 4 N–H and O–H groups in total. The quantitative estimate of drug-likeness (QED) is 0.423. The maximum absolute atomic E-state index is 10.5. The van der Waals surface area contributed by atoms with Crippen LogP contribution in [0.5, 0.6) is 0 Å². The van der Waals surface area contributed by atoms with Crippen LogP contribution >= 0.6 is 11.6 Å². The summed E-state index contributed by atoms with van der Waals surface area (Å²) in [6, 6.07) is 7.22. The molecule has 6 heteroatoms. The lowest BCUT2D eigenvalue weighted by Crippen LogP contribution is -2.23. The van der Waals surface area contributed by atoms with Gasteiger partial charge in [-0.2, -0.15) is 0 Å². The topological polar surface area (TPSA) is 98.0 Å². The fraction of sp³-hybridized carbons (Fsp3) is 0.667. The van der Waals surface area contributed by atoms with Crippen molar-refractivity contribution in [1.82, 2.24) is 0 Å². The van der Waals surface area contributed by atoms with E-state index in [0.717, 1.165) is 25.7 Å². The van der Waals surface area contributed by atoms with Gasteiger partial charge in [0.1, 0.15) is 0 Å².